The summed E-state index contributed by atoms with van der Waals surface area (Å²) in [5.41, 5.74) is 2.07. The normalized spacial score (nSPS) is 14.3. The Bertz CT molecular complexity index is 1010. The van der Waals surface area contributed by atoms with E-state index in [1.54, 1.807) is 36.6 Å². The van der Waals surface area contributed by atoms with E-state index in [1.807, 2.05) is 0 Å². The maximum absolute atomic E-state index is 13.6. The number of amides is 4. The van der Waals surface area contributed by atoms with Crippen molar-refractivity contribution in [3.63, 3.8) is 0 Å². The van der Waals surface area contributed by atoms with Crippen LogP contribution in [0.3, 0.4) is 0 Å². The van der Waals surface area contributed by atoms with Crippen LogP contribution in [-0.2, 0) is 14.3 Å². The molecule has 0 unspecified atom stereocenters. The van der Waals surface area contributed by atoms with E-state index in [9.17, 15) is 23.6 Å². The molecule has 9 heteroatoms. The molecule has 1 fully saturated rings. The second kappa shape index (κ2) is 7.96. The van der Waals surface area contributed by atoms with Crippen LogP contribution in [0.15, 0.2) is 30.3 Å². The largest absolute Gasteiger partial charge is 0.383 e. The molecule has 4 amide bonds. The molecule has 1 aliphatic heterocycles. The molecule has 8 nitrogen and oxygen atoms in total. The van der Waals surface area contributed by atoms with Gasteiger partial charge in [-0.15, -0.1) is 0 Å². The Balaban J connectivity index is 1.85. The molecular formula is C20H20FN3O5. The molecule has 0 N–H and O–H groups in total. The summed E-state index contributed by atoms with van der Waals surface area (Å²) in [6.45, 7) is 2.91. The fraction of sp³-hybridized carbons (Fsp3) is 0.300. The predicted octanol–water partition coefficient (Wildman–Crippen LogP) is 1.85. The van der Waals surface area contributed by atoms with E-state index in [-0.39, 0.29) is 18.7 Å². The van der Waals surface area contributed by atoms with Crippen molar-refractivity contribution in [3.05, 3.63) is 53.1 Å². The summed E-state index contributed by atoms with van der Waals surface area (Å²) < 4.78 is 20.1. The number of ether oxygens (including phenoxy) is 1. The van der Waals surface area contributed by atoms with Gasteiger partial charge < -0.3 is 9.30 Å². The number of aryl methyl sites for hydroxylation is 1. The topological polar surface area (TPSA) is 88.9 Å². The van der Waals surface area contributed by atoms with Gasteiger partial charge in [0.25, 0.3) is 0 Å². The van der Waals surface area contributed by atoms with Gasteiger partial charge in [0.15, 0.2) is 5.78 Å². The number of benzene rings is 1. The second-order valence-electron chi connectivity index (χ2n) is 6.65. The smallest absolute Gasteiger partial charge is 0.334 e. The highest BCUT2D eigenvalue weighted by Gasteiger charge is 2.45. The van der Waals surface area contributed by atoms with Gasteiger partial charge in [-0.05, 0) is 38.1 Å². The highest BCUT2D eigenvalue weighted by molar-refractivity contribution is 6.45. The number of hydrogen-bond donors (Lipinski definition) is 0. The first kappa shape index (κ1) is 20.4. The highest BCUT2D eigenvalue weighted by atomic mass is 19.1. The maximum atomic E-state index is 13.6. The Morgan fingerprint density at radius 3 is 2.41 bits per heavy atom. The van der Waals surface area contributed by atoms with Gasteiger partial charge in [0.1, 0.15) is 5.82 Å². The summed E-state index contributed by atoms with van der Waals surface area (Å²) in [4.78, 5) is 50.7. The third-order valence-electron chi connectivity index (χ3n) is 4.75. The van der Waals surface area contributed by atoms with E-state index < -0.39 is 36.0 Å². The predicted molar refractivity (Wildman–Crippen MR) is 100 cm³/mol. The van der Waals surface area contributed by atoms with Crippen LogP contribution in [0.1, 0.15) is 21.7 Å². The van der Waals surface area contributed by atoms with Crippen LogP contribution < -0.4 is 0 Å². The van der Waals surface area contributed by atoms with Crippen LogP contribution >= 0.6 is 0 Å². The van der Waals surface area contributed by atoms with Crippen molar-refractivity contribution >= 4 is 23.6 Å². The summed E-state index contributed by atoms with van der Waals surface area (Å²) in [5, 5.41) is 0. The Morgan fingerprint density at radius 2 is 1.76 bits per heavy atom. The molecule has 2 heterocycles. The first-order chi connectivity index (χ1) is 13.8. The number of carbonyl (C=O) groups excluding carboxylic acids is 4. The van der Waals surface area contributed by atoms with Crippen molar-refractivity contribution in [2.24, 2.45) is 0 Å². The first-order valence-corrected chi connectivity index (χ1v) is 8.90. The van der Waals surface area contributed by atoms with Gasteiger partial charge in [-0.2, -0.15) is 0 Å². The minimum atomic E-state index is -1.04. The summed E-state index contributed by atoms with van der Waals surface area (Å²) >= 11 is 0. The van der Waals surface area contributed by atoms with Gasteiger partial charge in [-0.25, -0.2) is 14.1 Å². The molecule has 0 bridgehead atoms. The van der Waals surface area contributed by atoms with Crippen molar-refractivity contribution in [3.8, 4) is 5.69 Å². The molecule has 3 rings (SSSR count). The minimum absolute atomic E-state index is 0.0708. The average Bonchev–Trinajstić information content (AvgIpc) is 3.08. The maximum Gasteiger partial charge on any atom is 0.334 e. The van der Waals surface area contributed by atoms with Crippen molar-refractivity contribution in [1.82, 2.24) is 14.4 Å². The number of ketones is 1. The lowest BCUT2D eigenvalue weighted by atomic mass is 10.1. The number of halogens is 1. The van der Waals surface area contributed by atoms with Crippen LogP contribution in [0.4, 0.5) is 9.18 Å². The van der Waals surface area contributed by atoms with Crippen molar-refractivity contribution in [2.45, 2.75) is 13.8 Å². The summed E-state index contributed by atoms with van der Waals surface area (Å²) in [5.74, 6) is -2.93. The molecule has 1 aromatic heterocycles. The van der Waals surface area contributed by atoms with E-state index in [2.05, 4.69) is 0 Å². The van der Waals surface area contributed by atoms with Crippen molar-refractivity contribution in [2.75, 3.05) is 26.8 Å². The zero-order chi connectivity index (χ0) is 21.3. The highest BCUT2D eigenvalue weighted by Crippen LogP contribution is 2.23. The quantitative estimate of drug-likeness (QED) is 0.401. The molecule has 1 aliphatic rings. The molecule has 0 saturated carbocycles. The lowest BCUT2D eigenvalue weighted by Gasteiger charge is -2.14. The number of urea groups is 1. The summed E-state index contributed by atoms with van der Waals surface area (Å²) in [6.07, 6.45) is 0. The number of imide groups is 2. The SMILES string of the molecule is COCCN1C(=O)C(=O)N(CC(=O)c2cc(C)n(-c3cccc(F)c3)c2C)C1=O. The fourth-order valence-corrected chi connectivity index (χ4v) is 3.36. The van der Waals surface area contributed by atoms with Crippen LogP contribution in [-0.4, -0.2) is 64.8 Å². The third kappa shape index (κ3) is 3.68. The molecule has 152 valence electrons. The number of aromatic nitrogens is 1. The number of methoxy groups -OCH3 is 1. The number of nitrogens with zero attached hydrogens (tertiary/aromatic N) is 3. The molecule has 0 spiro atoms. The molecule has 0 atom stereocenters. The Morgan fingerprint density at radius 1 is 1.07 bits per heavy atom. The fourth-order valence-electron chi connectivity index (χ4n) is 3.36. The van der Waals surface area contributed by atoms with E-state index in [4.69, 9.17) is 4.74 Å². The summed E-state index contributed by atoms with van der Waals surface area (Å²) in [6, 6.07) is 6.70. The van der Waals surface area contributed by atoms with Crippen molar-refractivity contribution < 1.29 is 28.3 Å². The Kier molecular flexibility index (Phi) is 5.60. The van der Waals surface area contributed by atoms with Crippen LogP contribution in [0.25, 0.3) is 5.69 Å². The molecule has 0 radical (unpaired) electrons. The van der Waals surface area contributed by atoms with Gasteiger partial charge in [0.2, 0.25) is 0 Å². The van der Waals surface area contributed by atoms with Crippen LogP contribution in [0.5, 0.6) is 0 Å². The van der Waals surface area contributed by atoms with E-state index in [1.165, 1.54) is 19.2 Å². The van der Waals surface area contributed by atoms with Crippen LogP contribution in [0.2, 0.25) is 0 Å². The van der Waals surface area contributed by atoms with Gasteiger partial charge in [0, 0.05) is 29.7 Å². The Labute approximate surface area is 166 Å². The second-order valence-corrected chi connectivity index (χ2v) is 6.65. The Hall–Kier alpha value is -3.33. The first-order valence-electron chi connectivity index (χ1n) is 8.90. The van der Waals surface area contributed by atoms with Gasteiger partial charge >= 0.3 is 17.8 Å². The molecule has 29 heavy (non-hydrogen) atoms. The van der Waals surface area contributed by atoms with Gasteiger partial charge in [-0.1, -0.05) is 6.07 Å². The number of rotatable bonds is 7. The summed E-state index contributed by atoms with van der Waals surface area (Å²) in [7, 11) is 1.41. The monoisotopic (exact) mass is 401 g/mol. The molecular weight excluding hydrogens is 381 g/mol. The molecule has 0 aliphatic carbocycles. The average molecular weight is 401 g/mol. The van der Waals surface area contributed by atoms with E-state index in [0.29, 0.717) is 22.0 Å². The molecule has 2 aromatic rings. The van der Waals surface area contributed by atoms with Gasteiger partial charge in [0.05, 0.1) is 19.7 Å². The number of Topliss-reactive ketones (excluding diaryl/α,β-unsaturated/α-hetero) is 1. The lowest BCUT2D eigenvalue weighted by molar-refractivity contribution is -0.143. The molecule has 1 saturated heterocycles. The molecule has 1 aromatic carbocycles. The third-order valence-corrected chi connectivity index (χ3v) is 4.75. The zero-order valence-corrected chi connectivity index (χ0v) is 16.3. The minimum Gasteiger partial charge on any atom is -0.383 e. The number of hydrogen-bond acceptors (Lipinski definition) is 5. The lowest BCUT2D eigenvalue weighted by Crippen LogP contribution is -2.38. The zero-order valence-electron chi connectivity index (χ0n) is 16.3. The van der Waals surface area contributed by atoms with Crippen molar-refractivity contribution in [1.29, 1.82) is 0 Å². The standard InChI is InChI=1S/C20H20FN3O5/c1-12-9-16(13(2)24(12)15-6-4-5-14(21)10-15)17(25)11-23-19(27)18(26)22(20(23)28)7-8-29-3/h4-6,9-10H,7-8,11H2,1-3H3. The van der Waals surface area contributed by atoms with Gasteiger partial charge in [-0.3, -0.25) is 19.3 Å². The van der Waals surface area contributed by atoms with E-state index in [0.717, 1.165) is 4.90 Å². The number of carbonyl (C=O) groups is 4. The van der Waals surface area contributed by atoms with E-state index >= 15 is 0 Å². The van der Waals surface area contributed by atoms with Crippen LogP contribution in [0, 0.1) is 19.7 Å².